The zero-order chi connectivity index (χ0) is 11.0. The van der Waals surface area contributed by atoms with Gasteiger partial charge >= 0.3 is 5.97 Å². The summed E-state index contributed by atoms with van der Waals surface area (Å²) in [6.45, 7) is 7.45. The Morgan fingerprint density at radius 2 is 2.14 bits per heavy atom. The lowest BCUT2D eigenvalue weighted by Crippen LogP contribution is -2.14. The van der Waals surface area contributed by atoms with Crippen LogP contribution in [0.3, 0.4) is 0 Å². The van der Waals surface area contributed by atoms with Crippen molar-refractivity contribution in [1.29, 1.82) is 0 Å². The minimum Gasteiger partial charge on any atom is -0.465 e. The first-order valence-corrected chi connectivity index (χ1v) is 4.93. The predicted molar refractivity (Wildman–Crippen MR) is 54.9 cm³/mol. The largest absolute Gasteiger partial charge is 0.465 e. The number of esters is 1. The Balaban J connectivity index is 3.50. The SMILES string of the molecule is C=CC(=O)CCCOC(=O)C(C)CC. The van der Waals surface area contributed by atoms with Crippen molar-refractivity contribution in [3.63, 3.8) is 0 Å². The van der Waals surface area contributed by atoms with Crippen LogP contribution in [0, 0.1) is 5.92 Å². The molecular formula is C11H18O3. The van der Waals surface area contributed by atoms with E-state index in [9.17, 15) is 9.59 Å². The Labute approximate surface area is 85.1 Å². The molecule has 0 aromatic carbocycles. The second-order valence-corrected chi connectivity index (χ2v) is 3.25. The third kappa shape index (κ3) is 5.51. The van der Waals surface area contributed by atoms with Gasteiger partial charge in [-0.05, 0) is 18.9 Å². The molecule has 1 atom stereocenters. The fraction of sp³-hybridized carbons (Fsp3) is 0.636. The van der Waals surface area contributed by atoms with Crippen LogP contribution >= 0.6 is 0 Å². The van der Waals surface area contributed by atoms with E-state index in [1.54, 1.807) is 0 Å². The second kappa shape index (κ2) is 7.30. The summed E-state index contributed by atoms with van der Waals surface area (Å²) in [5, 5.41) is 0. The first-order valence-electron chi connectivity index (χ1n) is 4.93. The monoisotopic (exact) mass is 198 g/mol. The van der Waals surface area contributed by atoms with Gasteiger partial charge in [0, 0.05) is 6.42 Å². The summed E-state index contributed by atoms with van der Waals surface area (Å²) in [6, 6.07) is 0. The molecule has 0 radical (unpaired) electrons. The third-order valence-corrected chi connectivity index (χ3v) is 2.05. The highest BCUT2D eigenvalue weighted by atomic mass is 16.5. The highest BCUT2D eigenvalue weighted by Crippen LogP contribution is 2.04. The van der Waals surface area contributed by atoms with E-state index in [1.807, 2.05) is 13.8 Å². The van der Waals surface area contributed by atoms with Gasteiger partial charge in [0.05, 0.1) is 12.5 Å². The molecule has 0 aliphatic carbocycles. The molecule has 0 fully saturated rings. The van der Waals surface area contributed by atoms with Crippen molar-refractivity contribution >= 4 is 11.8 Å². The molecular weight excluding hydrogens is 180 g/mol. The van der Waals surface area contributed by atoms with Crippen LogP contribution < -0.4 is 0 Å². The summed E-state index contributed by atoms with van der Waals surface area (Å²) in [5.74, 6) is -0.242. The lowest BCUT2D eigenvalue weighted by atomic mass is 10.1. The number of rotatable bonds is 7. The molecule has 0 heterocycles. The molecule has 0 N–H and O–H groups in total. The summed E-state index contributed by atoms with van der Waals surface area (Å²) in [4.78, 5) is 21.9. The van der Waals surface area contributed by atoms with E-state index < -0.39 is 0 Å². The van der Waals surface area contributed by atoms with Crippen molar-refractivity contribution in [1.82, 2.24) is 0 Å². The zero-order valence-electron chi connectivity index (χ0n) is 8.91. The molecule has 1 unspecified atom stereocenters. The molecule has 80 valence electrons. The van der Waals surface area contributed by atoms with Crippen LogP contribution in [0.1, 0.15) is 33.1 Å². The van der Waals surface area contributed by atoms with Gasteiger partial charge in [0.1, 0.15) is 0 Å². The number of ketones is 1. The lowest BCUT2D eigenvalue weighted by molar-refractivity contribution is -0.148. The van der Waals surface area contributed by atoms with Crippen molar-refractivity contribution in [2.24, 2.45) is 5.92 Å². The van der Waals surface area contributed by atoms with E-state index >= 15 is 0 Å². The van der Waals surface area contributed by atoms with Gasteiger partial charge < -0.3 is 4.74 Å². The molecule has 0 bridgehead atoms. The van der Waals surface area contributed by atoms with E-state index in [1.165, 1.54) is 6.08 Å². The first-order chi connectivity index (χ1) is 6.61. The molecule has 0 aliphatic rings. The van der Waals surface area contributed by atoms with Gasteiger partial charge in [0.2, 0.25) is 0 Å². The van der Waals surface area contributed by atoms with Crippen LogP contribution in [-0.4, -0.2) is 18.4 Å². The van der Waals surface area contributed by atoms with Crippen molar-refractivity contribution in [3.05, 3.63) is 12.7 Å². The maximum absolute atomic E-state index is 11.2. The highest BCUT2D eigenvalue weighted by Gasteiger charge is 2.11. The van der Waals surface area contributed by atoms with Crippen molar-refractivity contribution in [2.45, 2.75) is 33.1 Å². The van der Waals surface area contributed by atoms with Crippen molar-refractivity contribution < 1.29 is 14.3 Å². The molecule has 0 aromatic heterocycles. The molecule has 0 spiro atoms. The van der Waals surface area contributed by atoms with E-state index in [-0.39, 0.29) is 17.7 Å². The van der Waals surface area contributed by atoms with Gasteiger partial charge in [-0.1, -0.05) is 20.4 Å². The van der Waals surface area contributed by atoms with Gasteiger partial charge in [-0.2, -0.15) is 0 Å². The summed E-state index contributed by atoms with van der Waals surface area (Å²) >= 11 is 0. The zero-order valence-corrected chi connectivity index (χ0v) is 8.91. The number of carbonyl (C=O) groups excluding carboxylic acids is 2. The fourth-order valence-electron chi connectivity index (χ4n) is 0.830. The molecule has 0 saturated heterocycles. The van der Waals surface area contributed by atoms with E-state index in [0.717, 1.165) is 6.42 Å². The summed E-state index contributed by atoms with van der Waals surface area (Å²) in [7, 11) is 0. The van der Waals surface area contributed by atoms with Gasteiger partial charge in [-0.3, -0.25) is 9.59 Å². The van der Waals surface area contributed by atoms with E-state index in [2.05, 4.69) is 6.58 Å². The van der Waals surface area contributed by atoms with E-state index in [4.69, 9.17) is 4.74 Å². The minimum atomic E-state index is -0.182. The number of allylic oxidation sites excluding steroid dienone is 1. The molecule has 3 nitrogen and oxygen atoms in total. The normalized spacial score (nSPS) is 11.9. The summed E-state index contributed by atoms with van der Waals surface area (Å²) in [6.07, 6.45) is 3.05. The molecule has 0 aliphatic heterocycles. The van der Waals surface area contributed by atoms with E-state index in [0.29, 0.717) is 19.4 Å². The van der Waals surface area contributed by atoms with Crippen LogP contribution in [-0.2, 0) is 14.3 Å². The number of hydrogen-bond acceptors (Lipinski definition) is 3. The number of carbonyl (C=O) groups is 2. The summed E-state index contributed by atoms with van der Waals surface area (Å²) < 4.78 is 4.96. The Bertz CT molecular complexity index is 209. The Hall–Kier alpha value is -1.12. The maximum Gasteiger partial charge on any atom is 0.308 e. The smallest absolute Gasteiger partial charge is 0.308 e. The lowest BCUT2D eigenvalue weighted by Gasteiger charge is -2.08. The Kier molecular flexibility index (Phi) is 6.72. The Morgan fingerprint density at radius 3 is 2.64 bits per heavy atom. The molecule has 14 heavy (non-hydrogen) atoms. The third-order valence-electron chi connectivity index (χ3n) is 2.05. The van der Waals surface area contributed by atoms with Gasteiger partial charge in [-0.15, -0.1) is 0 Å². The fourth-order valence-corrected chi connectivity index (χ4v) is 0.830. The quantitative estimate of drug-likeness (QED) is 0.357. The van der Waals surface area contributed by atoms with Crippen molar-refractivity contribution in [2.75, 3.05) is 6.61 Å². The van der Waals surface area contributed by atoms with Gasteiger partial charge in [-0.25, -0.2) is 0 Å². The average Bonchev–Trinajstić information content (AvgIpc) is 2.22. The molecule has 3 heteroatoms. The highest BCUT2D eigenvalue weighted by molar-refractivity contribution is 5.88. The van der Waals surface area contributed by atoms with Gasteiger partial charge in [0.25, 0.3) is 0 Å². The number of ether oxygens (including phenoxy) is 1. The molecule has 0 rings (SSSR count). The number of hydrogen-bond donors (Lipinski definition) is 0. The minimum absolute atomic E-state index is 0.00964. The van der Waals surface area contributed by atoms with Crippen LogP contribution in [0.15, 0.2) is 12.7 Å². The Morgan fingerprint density at radius 1 is 1.50 bits per heavy atom. The predicted octanol–water partition coefficient (Wildman–Crippen LogP) is 2.11. The van der Waals surface area contributed by atoms with Crippen molar-refractivity contribution in [3.8, 4) is 0 Å². The second-order valence-electron chi connectivity index (χ2n) is 3.25. The average molecular weight is 198 g/mol. The molecule has 0 amide bonds. The van der Waals surface area contributed by atoms with Gasteiger partial charge in [0.15, 0.2) is 5.78 Å². The maximum atomic E-state index is 11.2. The standard InChI is InChI=1S/C11H18O3/c1-4-9(3)11(13)14-8-6-7-10(12)5-2/h5,9H,2,4,6-8H2,1,3H3. The topological polar surface area (TPSA) is 43.4 Å². The van der Waals surface area contributed by atoms with Crippen LogP contribution in [0.5, 0.6) is 0 Å². The summed E-state index contributed by atoms with van der Waals surface area (Å²) in [5.41, 5.74) is 0. The first kappa shape index (κ1) is 12.9. The molecule has 0 aromatic rings. The van der Waals surface area contributed by atoms with Crippen LogP contribution in [0.25, 0.3) is 0 Å². The van der Waals surface area contributed by atoms with Crippen LogP contribution in [0.4, 0.5) is 0 Å². The molecule has 0 saturated carbocycles. The van der Waals surface area contributed by atoms with Crippen LogP contribution in [0.2, 0.25) is 0 Å².